The van der Waals surface area contributed by atoms with E-state index in [0.29, 0.717) is 11.3 Å². The minimum Gasteiger partial charge on any atom is -0.456 e. The zero-order valence-electron chi connectivity index (χ0n) is 16.7. The molecule has 12 heteroatoms. The quantitative estimate of drug-likeness (QED) is 0.246. The number of nitro groups is 2. The van der Waals surface area contributed by atoms with Crippen molar-refractivity contribution in [1.29, 1.82) is 0 Å². The Hall–Kier alpha value is -5.05. The maximum atomic E-state index is 12.1. The number of carbonyl (C=O) groups excluding carboxylic acids is 2. The van der Waals surface area contributed by atoms with Crippen molar-refractivity contribution in [2.24, 2.45) is 0 Å². The third-order valence-corrected chi connectivity index (χ3v) is 4.15. The third-order valence-electron chi connectivity index (χ3n) is 4.15. The molecule has 0 saturated heterocycles. The fraction of sp³-hybridized carbons (Fsp3) is 0.0952. The summed E-state index contributed by atoms with van der Waals surface area (Å²) in [7, 11) is 0. The normalized spacial score (nSPS) is 9.94. The van der Waals surface area contributed by atoms with Crippen molar-refractivity contribution in [3.63, 3.8) is 0 Å². The predicted octanol–water partition coefficient (Wildman–Crippen LogP) is 2.79. The zero-order chi connectivity index (χ0) is 23.8. The molecule has 12 nitrogen and oxygen atoms in total. The molecule has 33 heavy (non-hydrogen) atoms. The molecule has 0 fully saturated rings. The molecule has 1 aromatic heterocycles. The van der Waals surface area contributed by atoms with Crippen molar-refractivity contribution >= 4 is 23.3 Å². The van der Waals surface area contributed by atoms with Gasteiger partial charge in [-0.15, -0.1) is 0 Å². The number of esters is 2. The van der Waals surface area contributed by atoms with Gasteiger partial charge in [0.1, 0.15) is 6.61 Å². The van der Waals surface area contributed by atoms with Gasteiger partial charge in [-0.1, -0.05) is 24.0 Å². The number of hydrogen-bond acceptors (Lipinski definition) is 9. The van der Waals surface area contributed by atoms with Crippen LogP contribution in [-0.2, 0) is 16.1 Å². The molecule has 3 aromatic rings. The number of H-pyrrole nitrogens is 1. The lowest BCUT2D eigenvalue weighted by Crippen LogP contribution is -2.07. The van der Waals surface area contributed by atoms with E-state index < -0.39 is 21.8 Å². The van der Waals surface area contributed by atoms with Crippen LogP contribution in [0, 0.1) is 32.1 Å². The minimum absolute atomic E-state index is 0.0167. The van der Waals surface area contributed by atoms with E-state index in [1.165, 1.54) is 42.6 Å². The molecule has 1 heterocycles. The van der Waals surface area contributed by atoms with Gasteiger partial charge in [0.05, 0.1) is 38.4 Å². The van der Waals surface area contributed by atoms with E-state index in [-0.39, 0.29) is 35.7 Å². The van der Waals surface area contributed by atoms with Crippen LogP contribution in [0.3, 0.4) is 0 Å². The fourth-order valence-corrected chi connectivity index (χ4v) is 2.56. The van der Waals surface area contributed by atoms with Crippen LogP contribution in [0.4, 0.5) is 11.4 Å². The Labute approximate surface area is 185 Å². The summed E-state index contributed by atoms with van der Waals surface area (Å²) in [5.74, 6) is 3.77. The highest BCUT2D eigenvalue weighted by Gasteiger charge is 2.14. The van der Waals surface area contributed by atoms with E-state index >= 15 is 0 Å². The van der Waals surface area contributed by atoms with Gasteiger partial charge < -0.3 is 9.47 Å². The molecular formula is C21H14N4O8. The SMILES string of the molecule is O=C(OCC#Cc1cn[nH]c1COC(=O)c1cccc([N+](=O)[O-])c1)c1cccc([N+](=O)[O-])c1. The maximum absolute atomic E-state index is 12.1. The van der Waals surface area contributed by atoms with Gasteiger partial charge in [0, 0.05) is 24.3 Å². The monoisotopic (exact) mass is 450 g/mol. The molecule has 0 unspecified atom stereocenters. The van der Waals surface area contributed by atoms with Crippen LogP contribution in [0.5, 0.6) is 0 Å². The van der Waals surface area contributed by atoms with Gasteiger partial charge in [0.2, 0.25) is 0 Å². The standard InChI is InChI=1S/C21H14N4O8/c26-20(14-4-1-7-17(10-14)24(28)29)32-9-3-6-16-12-22-23-19(16)13-33-21(27)15-5-2-8-18(11-15)25(30)31/h1-2,4-5,7-8,10-12H,9,13H2,(H,22,23). The van der Waals surface area contributed by atoms with E-state index in [0.717, 1.165) is 12.1 Å². The van der Waals surface area contributed by atoms with E-state index in [2.05, 4.69) is 22.0 Å². The smallest absolute Gasteiger partial charge is 0.339 e. The van der Waals surface area contributed by atoms with Gasteiger partial charge in [0.25, 0.3) is 11.4 Å². The molecule has 0 saturated carbocycles. The van der Waals surface area contributed by atoms with E-state index in [9.17, 15) is 29.8 Å². The van der Waals surface area contributed by atoms with Crippen LogP contribution in [0.2, 0.25) is 0 Å². The van der Waals surface area contributed by atoms with Crippen LogP contribution >= 0.6 is 0 Å². The lowest BCUT2D eigenvalue weighted by atomic mass is 10.2. The Morgan fingerprint density at radius 2 is 1.52 bits per heavy atom. The Kier molecular flexibility index (Phi) is 7.07. The summed E-state index contributed by atoms with van der Waals surface area (Å²) < 4.78 is 10.1. The Bertz CT molecular complexity index is 1290. The average molecular weight is 450 g/mol. The van der Waals surface area contributed by atoms with Gasteiger partial charge in [-0.25, -0.2) is 9.59 Å². The van der Waals surface area contributed by atoms with E-state index in [4.69, 9.17) is 9.47 Å². The molecule has 0 bridgehead atoms. The van der Waals surface area contributed by atoms with Crippen molar-refractivity contribution in [3.8, 4) is 11.8 Å². The number of non-ortho nitro benzene ring substituents is 2. The highest BCUT2D eigenvalue weighted by Crippen LogP contribution is 2.15. The molecule has 0 aliphatic rings. The van der Waals surface area contributed by atoms with Crippen LogP contribution in [0.15, 0.2) is 54.7 Å². The summed E-state index contributed by atoms with van der Waals surface area (Å²) in [6, 6.07) is 10.2. The number of benzene rings is 2. The van der Waals surface area contributed by atoms with Gasteiger partial charge in [-0.05, 0) is 12.1 Å². The summed E-state index contributed by atoms with van der Waals surface area (Å²) in [6.07, 6.45) is 1.38. The van der Waals surface area contributed by atoms with Gasteiger partial charge in [-0.3, -0.25) is 25.3 Å². The Balaban J connectivity index is 1.56. The molecule has 0 amide bonds. The first-order valence-corrected chi connectivity index (χ1v) is 9.19. The van der Waals surface area contributed by atoms with Crippen LogP contribution in [0.1, 0.15) is 32.0 Å². The Morgan fingerprint density at radius 1 is 0.939 bits per heavy atom. The molecule has 0 spiro atoms. The molecule has 0 radical (unpaired) electrons. The van der Waals surface area contributed by atoms with Crippen molar-refractivity contribution in [3.05, 3.63) is 97.3 Å². The van der Waals surface area contributed by atoms with E-state index in [1.807, 2.05) is 0 Å². The summed E-state index contributed by atoms with van der Waals surface area (Å²) in [5.41, 5.74) is 0.308. The second-order valence-electron chi connectivity index (χ2n) is 6.33. The number of rotatable bonds is 7. The first-order valence-electron chi connectivity index (χ1n) is 9.19. The molecule has 1 N–H and O–H groups in total. The summed E-state index contributed by atoms with van der Waals surface area (Å²) in [5, 5.41) is 28.0. The second kappa shape index (κ2) is 10.3. The van der Waals surface area contributed by atoms with Gasteiger partial charge in [-0.2, -0.15) is 5.10 Å². The molecule has 2 aromatic carbocycles. The molecule has 0 atom stereocenters. The van der Waals surface area contributed by atoms with Crippen molar-refractivity contribution in [2.45, 2.75) is 6.61 Å². The van der Waals surface area contributed by atoms with Crippen LogP contribution < -0.4 is 0 Å². The zero-order valence-corrected chi connectivity index (χ0v) is 16.7. The summed E-state index contributed by atoms with van der Waals surface area (Å²) in [4.78, 5) is 44.5. The number of ether oxygens (including phenoxy) is 2. The average Bonchev–Trinajstić information content (AvgIpc) is 3.27. The molecule has 3 rings (SSSR count). The topological polar surface area (TPSA) is 168 Å². The van der Waals surface area contributed by atoms with Crippen LogP contribution in [0.25, 0.3) is 0 Å². The molecular weight excluding hydrogens is 436 g/mol. The fourth-order valence-electron chi connectivity index (χ4n) is 2.56. The number of nitro benzene ring substituents is 2. The molecule has 166 valence electrons. The van der Waals surface area contributed by atoms with Crippen molar-refractivity contribution in [1.82, 2.24) is 10.2 Å². The minimum atomic E-state index is -0.772. The number of hydrogen-bond donors (Lipinski definition) is 1. The van der Waals surface area contributed by atoms with Crippen molar-refractivity contribution < 1.29 is 28.9 Å². The first kappa shape index (κ1) is 22.6. The van der Waals surface area contributed by atoms with Crippen molar-refractivity contribution in [2.75, 3.05) is 6.61 Å². The largest absolute Gasteiger partial charge is 0.456 e. The molecule has 0 aliphatic carbocycles. The predicted molar refractivity (Wildman–Crippen MR) is 111 cm³/mol. The third kappa shape index (κ3) is 5.98. The number of nitrogens with zero attached hydrogens (tertiary/aromatic N) is 3. The lowest BCUT2D eigenvalue weighted by Gasteiger charge is -2.04. The summed E-state index contributed by atoms with van der Waals surface area (Å²) >= 11 is 0. The lowest BCUT2D eigenvalue weighted by molar-refractivity contribution is -0.385. The van der Waals surface area contributed by atoms with Gasteiger partial charge >= 0.3 is 11.9 Å². The number of aromatic nitrogens is 2. The number of carbonyl (C=O) groups is 2. The first-order chi connectivity index (χ1) is 15.8. The highest BCUT2D eigenvalue weighted by molar-refractivity contribution is 5.90. The number of nitrogens with one attached hydrogen (secondary N) is 1. The second-order valence-corrected chi connectivity index (χ2v) is 6.33. The number of aromatic amines is 1. The summed E-state index contributed by atoms with van der Waals surface area (Å²) in [6.45, 7) is -0.515. The highest BCUT2D eigenvalue weighted by atomic mass is 16.6. The van der Waals surface area contributed by atoms with Crippen LogP contribution in [-0.4, -0.2) is 38.6 Å². The van der Waals surface area contributed by atoms with E-state index in [1.54, 1.807) is 0 Å². The maximum Gasteiger partial charge on any atom is 0.339 e. The molecule has 0 aliphatic heterocycles. The van der Waals surface area contributed by atoms with Gasteiger partial charge in [0.15, 0.2) is 6.61 Å². The Morgan fingerprint density at radius 3 is 2.09 bits per heavy atom.